The molecule has 1 heterocycles. The molecule has 1 aromatic heterocycles. The average Bonchev–Trinajstić information content (AvgIpc) is 2.34. The second kappa shape index (κ2) is 7.50. The molecule has 0 aliphatic heterocycles. The first-order valence-electron chi connectivity index (χ1n) is 6.42. The Morgan fingerprint density at radius 3 is 2.79 bits per heavy atom. The van der Waals surface area contributed by atoms with Crippen molar-refractivity contribution in [1.29, 1.82) is 0 Å². The van der Waals surface area contributed by atoms with Crippen molar-refractivity contribution < 1.29 is 9.66 Å². The van der Waals surface area contributed by atoms with Crippen LogP contribution in [0.3, 0.4) is 0 Å². The van der Waals surface area contributed by atoms with Gasteiger partial charge in [-0.2, -0.15) is 4.98 Å². The molecule has 0 spiro atoms. The molecule has 0 radical (unpaired) electrons. The topological polar surface area (TPSA) is 90.2 Å². The van der Waals surface area contributed by atoms with Gasteiger partial charge >= 0.3 is 5.69 Å². The second-order valence-electron chi connectivity index (χ2n) is 4.55. The van der Waals surface area contributed by atoms with Crippen LogP contribution in [0.5, 0.6) is 5.88 Å². The van der Waals surface area contributed by atoms with Crippen molar-refractivity contribution >= 4 is 11.5 Å². The Balaban J connectivity index is 2.76. The number of nitro groups is 1. The summed E-state index contributed by atoms with van der Waals surface area (Å²) >= 11 is 0. The lowest BCUT2D eigenvalue weighted by molar-refractivity contribution is -0.385. The van der Waals surface area contributed by atoms with Crippen LogP contribution in [0.2, 0.25) is 0 Å². The number of aromatic nitrogens is 2. The number of hydrogen-bond acceptors (Lipinski definition) is 6. The van der Waals surface area contributed by atoms with E-state index in [1.54, 1.807) is 0 Å². The summed E-state index contributed by atoms with van der Waals surface area (Å²) in [6, 6.07) is 0. The minimum absolute atomic E-state index is 0.0275. The maximum atomic E-state index is 11.1. The number of anilines is 1. The van der Waals surface area contributed by atoms with Crippen molar-refractivity contribution in [3.05, 3.63) is 16.4 Å². The van der Waals surface area contributed by atoms with Gasteiger partial charge in [-0.15, -0.1) is 0 Å². The summed E-state index contributed by atoms with van der Waals surface area (Å²) in [4.78, 5) is 18.3. The summed E-state index contributed by atoms with van der Waals surface area (Å²) in [5.74, 6) is 0.808. The Morgan fingerprint density at radius 1 is 1.47 bits per heavy atom. The molecule has 106 valence electrons. The Labute approximate surface area is 112 Å². The summed E-state index contributed by atoms with van der Waals surface area (Å²) in [6.07, 6.45) is 3.12. The third-order valence-corrected chi connectivity index (χ3v) is 2.48. The highest BCUT2D eigenvalue weighted by molar-refractivity contribution is 5.60. The number of nitrogens with zero attached hydrogens (tertiary/aromatic N) is 3. The van der Waals surface area contributed by atoms with Crippen LogP contribution in [-0.4, -0.2) is 28.0 Å². The molecule has 0 saturated heterocycles. The van der Waals surface area contributed by atoms with Crippen LogP contribution >= 0.6 is 0 Å². The van der Waals surface area contributed by atoms with Crippen molar-refractivity contribution in [2.24, 2.45) is 5.92 Å². The number of hydrogen-bond donors (Lipinski definition) is 1. The van der Waals surface area contributed by atoms with Gasteiger partial charge in [-0.1, -0.05) is 13.8 Å². The lowest BCUT2D eigenvalue weighted by atomic mass is 10.1. The maximum absolute atomic E-state index is 11.1. The van der Waals surface area contributed by atoms with E-state index in [1.807, 2.05) is 6.92 Å². The zero-order valence-corrected chi connectivity index (χ0v) is 11.5. The van der Waals surface area contributed by atoms with E-state index in [4.69, 9.17) is 4.74 Å². The van der Waals surface area contributed by atoms with Gasteiger partial charge in [0, 0.05) is 6.54 Å². The van der Waals surface area contributed by atoms with Gasteiger partial charge in [0.05, 0.1) is 11.5 Å². The van der Waals surface area contributed by atoms with Crippen molar-refractivity contribution in [2.45, 2.75) is 33.6 Å². The van der Waals surface area contributed by atoms with E-state index in [0.29, 0.717) is 19.1 Å². The molecule has 0 fully saturated rings. The molecule has 19 heavy (non-hydrogen) atoms. The standard InChI is InChI=1S/C12H20N4O3/c1-4-13-11-10(16(17)18)12(15-8-14-11)19-7-5-6-9(2)3/h8-9H,4-7H2,1-3H3,(H,13,14,15). The monoisotopic (exact) mass is 268 g/mol. The van der Waals surface area contributed by atoms with Crippen LogP contribution in [0.15, 0.2) is 6.33 Å². The first-order chi connectivity index (χ1) is 9.06. The summed E-state index contributed by atoms with van der Waals surface area (Å²) in [6.45, 7) is 7.05. The van der Waals surface area contributed by atoms with Crippen LogP contribution in [0, 0.1) is 16.0 Å². The molecular weight excluding hydrogens is 248 g/mol. The summed E-state index contributed by atoms with van der Waals surface area (Å²) in [5.41, 5.74) is -0.200. The molecule has 0 aromatic carbocycles. The summed E-state index contributed by atoms with van der Waals surface area (Å²) in [7, 11) is 0. The van der Waals surface area contributed by atoms with Crippen LogP contribution in [0.4, 0.5) is 11.5 Å². The summed E-state index contributed by atoms with van der Waals surface area (Å²) in [5, 5.41) is 13.9. The van der Waals surface area contributed by atoms with E-state index < -0.39 is 4.92 Å². The van der Waals surface area contributed by atoms with Crippen molar-refractivity contribution in [3.8, 4) is 5.88 Å². The van der Waals surface area contributed by atoms with Gasteiger partial charge in [-0.25, -0.2) is 4.98 Å². The van der Waals surface area contributed by atoms with E-state index in [1.165, 1.54) is 6.33 Å². The minimum atomic E-state index is -0.518. The van der Waals surface area contributed by atoms with Crippen molar-refractivity contribution in [1.82, 2.24) is 9.97 Å². The Kier molecular flexibility index (Phi) is 5.98. The fourth-order valence-electron chi connectivity index (χ4n) is 1.59. The Morgan fingerprint density at radius 2 is 2.21 bits per heavy atom. The molecule has 0 atom stereocenters. The van der Waals surface area contributed by atoms with Gasteiger partial charge in [0.15, 0.2) is 0 Å². The largest absolute Gasteiger partial charge is 0.473 e. The molecule has 7 nitrogen and oxygen atoms in total. The van der Waals surface area contributed by atoms with Crippen LogP contribution in [-0.2, 0) is 0 Å². The third-order valence-electron chi connectivity index (χ3n) is 2.48. The minimum Gasteiger partial charge on any atom is -0.473 e. The number of ether oxygens (including phenoxy) is 1. The maximum Gasteiger partial charge on any atom is 0.372 e. The Bertz CT molecular complexity index is 423. The highest BCUT2D eigenvalue weighted by Gasteiger charge is 2.23. The zero-order chi connectivity index (χ0) is 14.3. The van der Waals surface area contributed by atoms with Crippen molar-refractivity contribution in [2.75, 3.05) is 18.5 Å². The third kappa shape index (κ3) is 4.69. The molecule has 1 rings (SSSR count). The predicted molar refractivity (Wildman–Crippen MR) is 72.4 cm³/mol. The average molecular weight is 268 g/mol. The first-order valence-corrected chi connectivity index (χ1v) is 6.42. The van der Waals surface area contributed by atoms with Crippen LogP contribution in [0.25, 0.3) is 0 Å². The fraction of sp³-hybridized carbons (Fsp3) is 0.667. The van der Waals surface area contributed by atoms with E-state index >= 15 is 0 Å². The second-order valence-corrected chi connectivity index (χ2v) is 4.55. The molecule has 0 unspecified atom stereocenters. The molecule has 7 heteroatoms. The Hall–Kier alpha value is -1.92. The van der Waals surface area contributed by atoms with Gasteiger partial charge < -0.3 is 10.1 Å². The van der Waals surface area contributed by atoms with Gasteiger partial charge in [0.1, 0.15) is 6.33 Å². The van der Waals surface area contributed by atoms with Crippen LogP contribution < -0.4 is 10.1 Å². The van der Waals surface area contributed by atoms with Gasteiger partial charge in [-0.05, 0) is 25.7 Å². The molecular formula is C12H20N4O3. The van der Waals surface area contributed by atoms with E-state index in [-0.39, 0.29) is 17.4 Å². The predicted octanol–water partition coefficient (Wildman–Crippen LogP) is 2.63. The molecule has 0 amide bonds. The number of rotatable bonds is 8. The molecule has 0 bridgehead atoms. The summed E-state index contributed by atoms with van der Waals surface area (Å²) < 4.78 is 5.40. The van der Waals surface area contributed by atoms with E-state index in [2.05, 4.69) is 29.1 Å². The molecule has 1 N–H and O–H groups in total. The van der Waals surface area contributed by atoms with Gasteiger partial charge in [0.2, 0.25) is 5.82 Å². The molecule has 0 aliphatic carbocycles. The molecule has 0 aliphatic rings. The molecule has 1 aromatic rings. The SMILES string of the molecule is CCNc1ncnc(OCCCC(C)C)c1[N+](=O)[O-]. The highest BCUT2D eigenvalue weighted by Crippen LogP contribution is 2.30. The quantitative estimate of drug-likeness (QED) is 0.443. The zero-order valence-electron chi connectivity index (χ0n) is 11.5. The van der Waals surface area contributed by atoms with Gasteiger partial charge in [-0.3, -0.25) is 10.1 Å². The van der Waals surface area contributed by atoms with Gasteiger partial charge in [0.25, 0.3) is 5.88 Å². The lowest BCUT2D eigenvalue weighted by Gasteiger charge is -2.09. The van der Waals surface area contributed by atoms with Crippen LogP contribution in [0.1, 0.15) is 33.6 Å². The lowest BCUT2D eigenvalue weighted by Crippen LogP contribution is -2.08. The van der Waals surface area contributed by atoms with E-state index in [9.17, 15) is 10.1 Å². The molecule has 0 saturated carbocycles. The first kappa shape index (κ1) is 15.1. The van der Waals surface area contributed by atoms with Crippen molar-refractivity contribution in [3.63, 3.8) is 0 Å². The van der Waals surface area contributed by atoms with E-state index in [0.717, 1.165) is 12.8 Å². The number of nitrogens with one attached hydrogen (secondary N) is 1. The fourth-order valence-corrected chi connectivity index (χ4v) is 1.59. The normalized spacial score (nSPS) is 10.5. The smallest absolute Gasteiger partial charge is 0.372 e. The highest BCUT2D eigenvalue weighted by atomic mass is 16.6.